The number of aliphatic imine (C=N–C) groups is 1. The predicted molar refractivity (Wildman–Crippen MR) is 134 cm³/mol. The summed E-state index contributed by atoms with van der Waals surface area (Å²) < 4.78 is 0. The Morgan fingerprint density at radius 2 is 1.38 bits per heavy atom. The molecule has 0 aliphatic heterocycles. The molecule has 3 unspecified atom stereocenters. The number of aliphatic hydroxyl groups is 1. The summed E-state index contributed by atoms with van der Waals surface area (Å²) in [7, 11) is 0. The van der Waals surface area contributed by atoms with Crippen molar-refractivity contribution in [1.29, 1.82) is 0 Å². The van der Waals surface area contributed by atoms with Gasteiger partial charge in [0.15, 0.2) is 5.96 Å². The van der Waals surface area contributed by atoms with Crippen LogP contribution in [0.15, 0.2) is 4.99 Å². The van der Waals surface area contributed by atoms with E-state index in [9.17, 15) is 33.6 Å². The molecule has 0 aliphatic rings. The minimum Gasteiger partial charge on any atom is -0.481 e. The summed E-state index contributed by atoms with van der Waals surface area (Å²) in [6.07, 6.45) is 0.156. The van der Waals surface area contributed by atoms with Crippen LogP contribution >= 0.6 is 0 Å². The normalized spacial score (nSPS) is 12.6. The summed E-state index contributed by atoms with van der Waals surface area (Å²) in [5, 5.41) is 37.9. The van der Waals surface area contributed by atoms with E-state index in [1.54, 1.807) is 6.92 Å². The first-order valence-electron chi connectivity index (χ1n) is 11.8. The van der Waals surface area contributed by atoms with E-state index >= 15 is 0 Å². The minimum atomic E-state index is -1.74. The Morgan fingerprint density at radius 3 is 1.90 bits per heavy atom. The van der Waals surface area contributed by atoms with Crippen molar-refractivity contribution >= 4 is 47.4 Å². The molecule has 0 radical (unpaired) electrons. The number of aliphatic carboxylic acids is 2. The maximum Gasteiger partial charge on any atom is 0.328 e. The number of hydrogen-bond donors (Lipinski definition) is 10. The third-order valence-corrected chi connectivity index (χ3v) is 4.77. The third-order valence-electron chi connectivity index (χ3n) is 4.77. The van der Waals surface area contributed by atoms with Crippen LogP contribution in [0.3, 0.4) is 0 Å². The standard InChI is InChI=1S/C21H36N8O10/c1-2-4-14(31)25-8-15(32)27-11(5-3-6-24-21(22)23)18(36)26-9-16(33)28-12(7-17(34)35)19(37)29-13(10-30)20(38)39/h11-13,30H,2-10H2,1H3,(H,25,31)(H,26,36)(H,27,32)(H,28,33)(H,29,37)(H,34,35)(H,38,39)(H4,22,23,24). The van der Waals surface area contributed by atoms with Crippen LogP contribution < -0.4 is 38.1 Å². The average Bonchev–Trinajstić information content (AvgIpc) is 2.85. The second-order valence-corrected chi connectivity index (χ2v) is 8.11. The van der Waals surface area contributed by atoms with Gasteiger partial charge in [0.1, 0.15) is 18.1 Å². The number of hydrogen-bond acceptors (Lipinski definition) is 9. The molecule has 0 heterocycles. The van der Waals surface area contributed by atoms with E-state index in [2.05, 4.69) is 26.3 Å². The number of rotatable bonds is 19. The highest BCUT2D eigenvalue weighted by Crippen LogP contribution is 2.00. The van der Waals surface area contributed by atoms with Crippen molar-refractivity contribution in [3.8, 4) is 0 Å². The van der Waals surface area contributed by atoms with Crippen molar-refractivity contribution in [3.05, 3.63) is 0 Å². The van der Waals surface area contributed by atoms with Gasteiger partial charge in [-0.2, -0.15) is 0 Å². The summed E-state index contributed by atoms with van der Waals surface area (Å²) in [6, 6.07) is -4.62. The zero-order valence-electron chi connectivity index (χ0n) is 21.4. The minimum absolute atomic E-state index is 0.0423. The highest BCUT2D eigenvalue weighted by molar-refractivity contribution is 5.95. The van der Waals surface area contributed by atoms with Crippen LogP contribution in [0.25, 0.3) is 0 Å². The van der Waals surface area contributed by atoms with Crippen LogP contribution in [0.2, 0.25) is 0 Å². The first kappa shape index (κ1) is 34.5. The fraction of sp³-hybridized carbons (Fsp3) is 0.619. The lowest BCUT2D eigenvalue weighted by molar-refractivity contribution is -0.144. The number of nitrogens with two attached hydrogens (primary N) is 2. The number of carboxylic acid groups (broad SMARTS) is 2. The molecule has 0 bridgehead atoms. The fourth-order valence-electron chi connectivity index (χ4n) is 2.89. The molecule has 0 aromatic heterocycles. The molecule has 39 heavy (non-hydrogen) atoms. The van der Waals surface area contributed by atoms with Crippen molar-refractivity contribution in [2.24, 2.45) is 16.5 Å². The van der Waals surface area contributed by atoms with E-state index in [0.717, 1.165) is 0 Å². The number of guanidine groups is 1. The van der Waals surface area contributed by atoms with Crippen molar-refractivity contribution in [3.63, 3.8) is 0 Å². The van der Waals surface area contributed by atoms with Crippen LogP contribution in [0.5, 0.6) is 0 Å². The average molecular weight is 561 g/mol. The SMILES string of the molecule is CCCC(=O)NCC(=O)NC(CCCN=C(N)N)C(=O)NCC(=O)NC(CC(=O)O)C(=O)NC(CO)C(=O)O. The molecular formula is C21H36N8O10. The Labute approximate surface area is 223 Å². The number of amides is 5. The number of carbonyl (C=O) groups is 7. The Hall–Kier alpha value is -4.48. The van der Waals surface area contributed by atoms with E-state index in [-0.39, 0.29) is 37.7 Å². The quantitative estimate of drug-likeness (QED) is 0.0404. The number of nitrogens with zero attached hydrogens (tertiary/aromatic N) is 1. The maximum atomic E-state index is 12.7. The molecule has 18 heteroatoms. The van der Waals surface area contributed by atoms with Crippen molar-refractivity contribution < 1.29 is 48.9 Å². The van der Waals surface area contributed by atoms with E-state index < -0.39 is 79.8 Å². The highest BCUT2D eigenvalue weighted by atomic mass is 16.4. The second-order valence-electron chi connectivity index (χ2n) is 8.11. The Balaban J connectivity index is 5.20. The molecule has 0 fully saturated rings. The molecule has 5 amide bonds. The first-order chi connectivity index (χ1) is 18.3. The van der Waals surface area contributed by atoms with Gasteiger partial charge in [-0.05, 0) is 19.3 Å². The molecule has 12 N–H and O–H groups in total. The summed E-state index contributed by atoms with van der Waals surface area (Å²) in [6.45, 7) is -0.201. The zero-order chi connectivity index (χ0) is 30.0. The molecule has 18 nitrogen and oxygen atoms in total. The van der Waals surface area contributed by atoms with Gasteiger partial charge in [-0.15, -0.1) is 0 Å². The third kappa shape index (κ3) is 16.1. The van der Waals surface area contributed by atoms with E-state index in [1.165, 1.54) is 0 Å². The molecule has 0 rings (SSSR count). The smallest absolute Gasteiger partial charge is 0.328 e. The Bertz CT molecular complexity index is 922. The van der Waals surface area contributed by atoms with Gasteiger partial charge >= 0.3 is 11.9 Å². The number of aliphatic hydroxyl groups excluding tert-OH is 1. The molecule has 220 valence electrons. The van der Waals surface area contributed by atoms with Crippen molar-refractivity contribution in [1.82, 2.24) is 26.6 Å². The van der Waals surface area contributed by atoms with Crippen LogP contribution in [0.1, 0.15) is 39.0 Å². The van der Waals surface area contributed by atoms with Crippen LogP contribution in [0.4, 0.5) is 0 Å². The monoisotopic (exact) mass is 560 g/mol. The Morgan fingerprint density at radius 1 is 0.795 bits per heavy atom. The number of carbonyl (C=O) groups excluding carboxylic acids is 5. The molecule has 0 aliphatic carbocycles. The fourth-order valence-corrected chi connectivity index (χ4v) is 2.89. The number of nitrogens with one attached hydrogen (secondary N) is 5. The topological polar surface area (TPSA) is 305 Å². The lowest BCUT2D eigenvalue weighted by Gasteiger charge is -2.21. The molecule has 0 aromatic carbocycles. The molecular weight excluding hydrogens is 524 g/mol. The summed E-state index contributed by atoms with van der Waals surface area (Å²) in [5.41, 5.74) is 10.5. The van der Waals surface area contributed by atoms with Gasteiger partial charge in [0, 0.05) is 13.0 Å². The predicted octanol–water partition coefficient (Wildman–Crippen LogP) is -4.92. The molecule has 0 spiro atoms. The highest BCUT2D eigenvalue weighted by Gasteiger charge is 2.28. The van der Waals surface area contributed by atoms with Gasteiger partial charge in [-0.25, -0.2) is 4.79 Å². The Kier molecular flexibility index (Phi) is 16.6. The van der Waals surface area contributed by atoms with Gasteiger partial charge in [0.2, 0.25) is 29.5 Å². The van der Waals surface area contributed by atoms with Gasteiger partial charge in [0.05, 0.1) is 26.1 Å². The van der Waals surface area contributed by atoms with Gasteiger partial charge in [-0.1, -0.05) is 6.92 Å². The second kappa shape index (κ2) is 18.7. The molecule has 0 saturated heterocycles. The van der Waals surface area contributed by atoms with Crippen molar-refractivity contribution in [2.45, 2.75) is 57.2 Å². The summed E-state index contributed by atoms with van der Waals surface area (Å²) in [5.74, 6) is -7.29. The number of carboxylic acids is 2. The first-order valence-corrected chi connectivity index (χ1v) is 11.8. The summed E-state index contributed by atoms with van der Waals surface area (Å²) >= 11 is 0. The van der Waals surface area contributed by atoms with Gasteiger partial charge < -0.3 is 53.4 Å². The largest absolute Gasteiger partial charge is 0.481 e. The molecule has 3 atom stereocenters. The van der Waals surface area contributed by atoms with E-state index in [1.807, 2.05) is 5.32 Å². The molecule has 0 aromatic rings. The zero-order valence-corrected chi connectivity index (χ0v) is 21.4. The van der Waals surface area contributed by atoms with E-state index in [4.69, 9.17) is 26.8 Å². The lowest BCUT2D eigenvalue weighted by Crippen LogP contribution is -2.55. The lowest BCUT2D eigenvalue weighted by atomic mass is 10.1. The van der Waals surface area contributed by atoms with Gasteiger partial charge in [-0.3, -0.25) is 33.8 Å². The van der Waals surface area contributed by atoms with Crippen LogP contribution in [-0.4, -0.2) is 107 Å². The van der Waals surface area contributed by atoms with Gasteiger partial charge in [0.25, 0.3) is 0 Å². The summed E-state index contributed by atoms with van der Waals surface area (Å²) in [4.78, 5) is 86.8. The van der Waals surface area contributed by atoms with Crippen LogP contribution in [0, 0.1) is 0 Å². The van der Waals surface area contributed by atoms with Crippen molar-refractivity contribution in [2.75, 3.05) is 26.2 Å². The van der Waals surface area contributed by atoms with Crippen LogP contribution in [-0.2, 0) is 33.6 Å². The maximum absolute atomic E-state index is 12.7. The van der Waals surface area contributed by atoms with E-state index in [0.29, 0.717) is 6.42 Å². The molecule has 0 saturated carbocycles.